The van der Waals surface area contributed by atoms with Gasteiger partial charge in [0.25, 0.3) is 5.91 Å². The third-order valence-electron chi connectivity index (χ3n) is 3.84. The largest absolute Gasteiger partial charge is 0.317 e. The first kappa shape index (κ1) is 19.0. The number of para-hydroxylation sites is 1. The van der Waals surface area contributed by atoms with Crippen molar-refractivity contribution < 1.29 is 22.0 Å². The molecular formula is C17H18F2N2O3S. The van der Waals surface area contributed by atoms with Crippen LogP contribution < -0.4 is 5.32 Å². The lowest BCUT2D eigenvalue weighted by Crippen LogP contribution is -2.24. The Kier molecular flexibility index (Phi) is 5.24. The molecular weight excluding hydrogens is 350 g/mol. The van der Waals surface area contributed by atoms with Crippen LogP contribution in [0.3, 0.4) is 0 Å². The second-order valence-electron chi connectivity index (χ2n) is 5.75. The van der Waals surface area contributed by atoms with E-state index >= 15 is 0 Å². The fourth-order valence-corrected chi connectivity index (χ4v) is 3.44. The van der Waals surface area contributed by atoms with Crippen molar-refractivity contribution in [2.45, 2.75) is 18.7 Å². The molecule has 0 heterocycles. The molecule has 2 aromatic carbocycles. The van der Waals surface area contributed by atoms with Crippen LogP contribution in [0.4, 0.5) is 14.5 Å². The lowest BCUT2D eigenvalue weighted by Gasteiger charge is -2.16. The fraction of sp³-hybridized carbons (Fsp3) is 0.235. The van der Waals surface area contributed by atoms with Crippen molar-refractivity contribution in [3.63, 3.8) is 0 Å². The Balaban J connectivity index is 2.50. The number of carbonyl (C=O) groups excluding carboxylic acids is 1. The topological polar surface area (TPSA) is 66.5 Å². The van der Waals surface area contributed by atoms with Crippen LogP contribution in [0.5, 0.6) is 0 Å². The summed E-state index contributed by atoms with van der Waals surface area (Å²) >= 11 is 0. The summed E-state index contributed by atoms with van der Waals surface area (Å²) in [4.78, 5) is 12.3. The summed E-state index contributed by atoms with van der Waals surface area (Å²) in [6.07, 6.45) is 0. The Bertz CT molecular complexity index is 921. The van der Waals surface area contributed by atoms with E-state index in [1.54, 1.807) is 13.8 Å². The van der Waals surface area contributed by atoms with Gasteiger partial charge in [-0.3, -0.25) is 4.79 Å². The van der Waals surface area contributed by atoms with Gasteiger partial charge >= 0.3 is 0 Å². The minimum Gasteiger partial charge on any atom is -0.317 e. The van der Waals surface area contributed by atoms with E-state index in [4.69, 9.17) is 0 Å². The third-order valence-corrected chi connectivity index (χ3v) is 5.78. The van der Waals surface area contributed by atoms with Gasteiger partial charge in [-0.2, -0.15) is 0 Å². The van der Waals surface area contributed by atoms with Crippen LogP contribution >= 0.6 is 0 Å². The van der Waals surface area contributed by atoms with Crippen molar-refractivity contribution in [1.29, 1.82) is 0 Å². The van der Waals surface area contributed by atoms with Gasteiger partial charge in [-0.1, -0.05) is 6.07 Å². The number of nitrogens with zero attached hydrogens (tertiary/aromatic N) is 1. The molecule has 2 rings (SSSR count). The second-order valence-corrected chi connectivity index (χ2v) is 7.87. The molecule has 1 N–H and O–H groups in total. The maximum absolute atomic E-state index is 13.7. The van der Waals surface area contributed by atoms with Crippen LogP contribution in [0, 0.1) is 25.5 Å². The number of amides is 1. The molecule has 0 aromatic heterocycles. The number of carbonyl (C=O) groups is 1. The Hall–Kier alpha value is -2.32. The first-order valence-electron chi connectivity index (χ1n) is 7.35. The first-order valence-corrected chi connectivity index (χ1v) is 8.79. The van der Waals surface area contributed by atoms with Gasteiger partial charge in [0.15, 0.2) is 0 Å². The summed E-state index contributed by atoms with van der Waals surface area (Å²) in [6.45, 7) is 3.29. The average Bonchev–Trinajstić information content (AvgIpc) is 2.52. The lowest BCUT2D eigenvalue weighted by molar-refractivity contribution is 0.102. The van der Waals surface area contributed by atoms with Crippen molar-refractivity contribution >= 4 is 21.6 Å². The Morgan fingerprint density at radius 2 is 1.64 bits per heavy atom. The number of hydrogen-bond acceptors (Lipinski definition) is 3. The standard InChI is InChI=1S/C17H18F2N2O3S/c1-10-8-12(9-15(11(10)2)25(23,24)21(3)4)17(22)20-16-13(18)6-5-7-14(16)19/h5-9H,1-4H3,(H,20,22). The maximum Gasteiger partial charge on any atom is 0.255 e. The van der Waals surface area contributed by atoms with Crippen LogP contribution in [0.25, 0.3) is 0 Å². The number of sulfonamides is 1. The summed E-state index contributed by atoms with van der Waals surface area (Å²) in [7, 11) is -1.01. The minimum absolute atomic E-state index is 0.00817. The molecule has 0 atom stereocenters. The maximum atomic E-state index is 13.7. The quantitative estimate of drug-likeness (QED) is 0.902. The first-order chi connectivity index (χ1) is 11.6. The van der Waals surface area contributed by atoms with Crippen molar-refractivity contribution in [2.24, 2.45) is 0 Å². The molecule has 25 heavy (non-hydrogen) atoms. The molecule has 0 aliphatic carbocycles. The average molecular weight is 368 g/mol. The molecule has 0 aliphatic rings. The third kappa shape index (κ3) is 3.69. The van der Waals surface area contributed by atoms with Gasteiger partial charge < -0.3 is 5.32 Å². The number of hydrogen-bond donors (Lipinski definition) is 1. The zero-order valence-corrected chi connectivity index (χ0v) is 15.0. The van der Waals surface area contributed by atoms with Crippen LogP contribution in [0.1, 0.15) is 21.5 Å². The molecule has 5 nitrogen and oxygen atoms in total. The molecule has 0 unspecified atom stereocenters. The molecule has 0 radical (unpaired) electrons. The van der Waals surface area contributed by atoms with Gasteiger partial charge in [0.1, 0.15) is 17.3 Å². The number of halogens is 2. The van der Waals surface area contributed by atoms with Crippen molar-refractivity contribution in [3.05, 3.63) is 58.7 Å². The van der Waals surface area contributed by atoms with E-state index in [1.807, 2.05) is 0 Å². The Labute approximate surface area is 145 Å². The number of aryl methyl sites for hydroxylation is 1. The number of anilines is 1. The highest BCUT2D eigenvalue weighted by atomic mass is 32.2. The molecule has 0 bridgehead atoms. The molecule has 0 saturated carbocycles. The van der Waals surface area contributed by atoms with Crippen LogP contribution in [0.15, 0.2) is 35.2 Å². The van der Waals surface area contributed by atoms with Crippen molar-refractivity contribution in [1.82, 2.24) is 4.31 Å². The zero-order valence-electron chi connectivity index (χ0n) is 14.2. The zero-order chi connectivity index (χ0) is 18.9. The fourth-order valence-electron chi connectivity index (χ4n) is 2.23. The summed E-state index contributed by atoms with van der Waals surface area (Å²) in [5.74, 6) is -2.64. The molecule has 134 valence electrons. The van der Waals surface area contributed by atoms with E-state index in [9.17, 15) is 22.0 Å². The lowest BCUT2D eigenvalue weighted by atomic mass is 10.1. The Morgan fingerprint density at radius 1 is 1.08 bits per heavy atom. The SMILES string of the molecule is Cc1cc(C(=O)Nc2c(F)cccc2F)cc(S(=O)(=O)N(C)C)c1C. The molecule has 8 heteroatoms. The predicted molar refractivity (Wildman–Crippen MR) is 91.1 cm³/mol. The van der Waals surface area contributed by atoms with E-state index in [0.717, 1.165) is 16.4 Å². The van der Waals surface area contributed by atoms with Gasteiger partial charge in [-0.25, -0.2) is 21.5 Å². The van der Waals surface area contributed by atoms with Gasteiger partial charge in [0.2, 0.25) is 10.0 Å². The summed E-state index contributed by atoms with van der Waals surface area (Å²) < 4.78 is 53.2. The van der Waals surface area contributed by atoms with Crippen molar-refractivity contribution in [2.75, 3.05) is 19.4 Å². The summed E-state index contributed by atoms with van der Waals surface area (Å²) in [5.41, 5.74) is 0.485. The van der Waals surface area contributed by atoms with Crippen molar-refractivity contribution in [3.8, 4) is 0 Å². The molecule has 0 saturated heterocycles. The summed E-state index contributed by atoms with van der Waals surface area (Å²) in [6, 6.07) is 5.88. The van der Waals surface area contributed by atoms with Gasteiger partial charge in [-0.05, 0) is 49.2 Å². The van der Waals surface area contributed by atoms with Gasteiger partial charge in [-0.15, -0.1) is 0 Å². The van der Waals surface area contributed by atoms with Gasteiger partial charge in [0, 0.05) is 19.7 Å². The van der Waals surface area contributed by atoms with E-state index in [2.05, 4.69) is 5.32 Å². The smallest absolute Gasteiger partial charge is 0.255 e. The van der Waals surface area contributed by atoms with E-state index in [-0.39, 0.29) is 10.5 Å². The minimum atomic E-state index is -3.77. The van der Waals surface area contributed by atoms with Crippen LogP contribution in [0.2, 0.25) is 0 Å². The normalized spacial score (nSPS) is 11.6. The number of benzene rings is 2. The second kappa shape index (κ2) is 6.89. The number of rotatable bonds is 4. The molecule has 0 spiro atoms. The van der Waals surface area contributed by atoms with Gasteiger partial charge in [0.05, 0.1) is 4.90 Å². The molecule has 2 aromatic rings. The van der Waals surface area contributed by atoms with Crippen LogP contribution in [-0.2, 0) is 10.0 Å². The predicted octanol–water partition coefficient (Wildman–Crippen LogP) is 3.08. The monoisotopic (exact) mass is 368 g/mol. The number of nitrogens with one attached hydrogen (secondary N) is 1. The van der Waals surface area contributed by atoms with E-state index in [0.29, 0.717) is 11.1 Å². The molecule has 1 amide bonds. The summed E-state index contributed by atoms with van der Waals surface area (Å²) in [5, 5.41) is 2.15. The molecule has 0 fully saturated rings. The Morgan fingerprint density at radius 3 is 2.16 bits per heavy atom. The molecule has 0 aliphatic heterocycles. The highest BCUT2D eigenvalue weighted by Gasteiger charge is 2.23. The highest BCUT2D eigenvalue weighted by Crippen LogP contribution is 2.25. The van der Waals surface area contributed by atoms with Crippen LogP contribution in [-0.4, -0.2) is 32.7 Å². The highest BCUT2D eigenvalue weighted by molar-refractivity contribution is 7.89. The van der Waals surface area contributed by atoms with E-state index < -0.39 is 33.3 Å². The van der Waals surface area contributed by atoms with E-state index in [1.165, 1.54) is 32.3 Å².